The largest absolute Gasteiger partial charge is 0.394 e. The van der Waals surface area contributed by atoms with E-state index in [2.05, 4.69) is 0 Å². The van der Waals surface area contributed by atoms with E-state index in [9.17, 15) is 19.8 Å². The molecule has 0 aliphatic carbocycles. The molecule has 10 nitrogen and oxygen atoms in total. The molecule has 1 aromatic rings. The molecule has 1 aliphatic rings. The number of aliphatic hydroxyl groups is 3. The van der Waals surface area contributed by atoms with E-state index in [1.807, 2.05) is 4.98 Å². The summed E-state index contributed by atoms with van der Waals surface area (Å²) in [6.07, 6.45) is -5.34. The zero-order chi connectivity index (χ0) is 14.2. The topological polar surface area (TPSA) is 157 Å². The lowest BCUT2D eigenvalue weighted by Gasteiger charge is -2.19. The van der Waals surface area contributed by atoms with E-state index in [1.165, 1.54) is 0 Å². The summed E-state index contributed by atoms with van der Waals surface area (Å²) < 4.78 is 5.85. The summed E-state index contributed by atoms with van der Waals surface area (Å²) >= 11 is 0. The van der Waals surface area contributed by atoms with Gasteiger partial charge in [-0.2, -0.15) is 0 Å². The first kappa shape index (κ1) is 13.7. The molecule has 0 bridgehead atoms. The number of aromatic nitrogens is 2. The van der Waals surface area contributed by atoms with E-state index in [-0.39, 0.29) is 5.82 Å². The average molecular weight is 275 g/mol. The Bertz CT molecular complexity index is 568. The second-order valence-electron chi connectivity index (χ2n) is 4.03. The van der Waals surface area contributed by atoms with Crippen molar-refractivity contribution in [2.75, 3.05) is 12.1 Å². The molecule has 1 aliphatic heterocycles. The van der Waals surface area contributed by atoms with Gasteiger partial charge in [0.15, 0.2) is 6.23 Å². The van der Waals surface area contributed by atoms with Gasteiger partial charge in [0.1, 0.15) is 24.1 Å². The maximum atomic E-state index is 11.7. The Hall–Kier alpha value is -1.72. The van der Waals surface area contributed by atoms with Gasteiger partial charge in [0, 0.05) is 6.07 Å². The molecule has 0 spiro atoms. The third-order valence-corrected chi connectivity index (χ3v) is 2.86. The molecule has 0 aromatic carbocycles. The molecule has 2 rings (SSSR count). The SMILES string of the molecule is O=c1cc(NO)n([C@@H]2O[C@H](CO)[C@@H](O)[C@H]2O)c(=O)[nH]1. The number of hydrogen-bond acceptors (Lipinski definition) is 8. The Morgan fingerprint density at radius 1 is 1.37 bits per heavy atom. The van der Waals surface area contributed by atoms with Crippen LogP contribution in [0.2, 0.25) is 0 Å². The molecule has 10 heteroatoms. The van der Waals surface area contributed by atoms with Crippen LogP contribution in [0.4, 0.5) is 5.82 Å². The fourth-order valence-corrected chi connectivity index (χ4v) is 1.94. The first-order valence-corrected chi connectivity index (χ1v) is 5.38. The van der Waals surface area contributed by atoms with E-state index in [1.54, 1.807) is 5.48 Å². The Balaban J connectivity index is 2.48. The van der Waals surface area contributed by atoms with Crippen LogP contribution < -0.4 is 16.7 Å². The van der Waals surface area contributed by atoms with Crippen molar-refractivity contribution >= 4 is 5.82 Å². The van der Waals surface area contributed by atoms with Crippen molar-refractivity contribution in [1.29, 1.82) is 0 Å². The molecule has 1 saturated heterocycles. The summed E-state index contributed by atoms with van der Waals surface area (Å²) in [6, 6.07) is 0.871. The van der Waals surface area contributed by atoms with Crippen LogP contribution in [0.1, 0.15) is 6.23 Å². The van der Waals surface area contributed by atoms with E-state index < -0.39 is 42.4 Å². The minimum atomic E-state index is -1.51. The van der Waals surface area contributed by atoms with Gasteiger partial charge in [0.2, 0.25) is 0 Å². The van der Waals surface area contributed by atoms with Gasteiger partial charge < -0.3 is 20.1 Å². The molecule has 4 atom stereocenters. The van der Waals surface area contributed by atoms with Crippen LogP contribution in [-0.4, -0.2) is 55.0 Å². The quantitative estimate of drug-likeness (QED) is 0.317. The Morgan fingerprint density at radius 3 is 2.58 bits per heavy atom. The van der Waals surface area contributed by atoms with Crippen LogP contribution in [-0.2, 0) is 4.74 Å². The Kier molecular flexibility index (Phi) is 3.68. The van der Waals surface area contributed by atoms with Gasteiger partial charge in [-0.15, -0.1) is 0 Å². The van der Waals surface area contributed by atoms with Gasteiger partial charge in [0.05, 0.1) is 6.61 Å². The predicted molar refractivity (Wildman–Crippen MR) is 59.7 cm³/mol. The molecule has 1 aromatic heterocycles. The fourth-order valence-electron chi connectivity index (χ4n) is 1.94. The minimum absolute atomic E-state index is 0.316. The molecular weight excluding hydrogens is 262 g/mol. The number of H-pyrrole nitrogens is 1. The minimum Gasteiger partial charge on any atom is -0.394 e. The van der Waals surface area contributed by atoms with E-state index in [4.69, 9.17) is 15.1 Å². The van der Waals surface area contributed by atoms with Crippen molar-refractivity contribution in [2.24, 2.45) is 0 Å². The summed E-state index contributed by atoms with van der Waals surface area (Å²) in [7, 11) is 0. The van der Waals surface area contributed by atoms with E-state index >= 15 is 0 Å². The highest BCUT2D eigenvalue weighted by Crippen LogP contribution is 2.29. The van der Waals surface area contributed by atoms with Gasteiger partial charge in [-0.3, -0.25) is 20.5 Å². The summed E-state index contributed by atoms with van der Waals surface area (Å²) in [5.41, 5.74) is -0.0751. The second kappa shape index (κ2) is 5.11. The van der Waals surface area contributed by atoms with Crippen LogP contribution in [0, 0.1) is 0 Å². The van der Waals surface area contributed by atoms with Crippen molar-refractivity contribution in [1.82, 2.24) is 9.55 Å². The average Bonchev–Trinajstić information content (AvgIpc) is 2.65. The van der Waals surface area contributed by atoms with E-state index in [0.717, 1.165) is 10.6 Å². The van der Waals surface area contributed by atoms with Crippen LogP contribution in [0.5, 0.6) is 0 Å². The first-order valence-electron chi connectivity index (χ1n) is 5.38. The molecular formula is C9H13N3O7. The predicted octanol–water partition coefficient (Wildman–Crippen LogP) is -3.05. The Labute approximate surface area is 105 Å². The Morgan fingerprint density at radius 2 is 2.05 bits per heavy atom. The van der Waals surface area contributed by atoms with Crippen molar-refractivity contribution in [3.05, 3.63) is 26.9 Å². The van der Waals surface area contributed by atoms with Gasteiger partial charge in [0.25, 0.3) is 5.56 Å². The van der Waals surface area contributed by atoms with Crippen LogP contribution in [0.3, 0.4) is 0 Å². The lowest BCUT2D eigenvalue weighted by Crippen LogP contribution is -2.39. The van der Waals surface area contributed by atoms with Gasteiger partial charge in [-0.1, -0.05) is 0 Å². The normalized spacial score (nSPS) is 30.5. The first-order chi connectivity index (χ1) is 8.99. The number of nitrogens with zero attached hydrogens (tertiary/aromatic N) is 1. The maximum absolute atomic E-state index is 11.7. The van der Waals surface area contributed by atoms with Gasteiger partial charge >= 0.3 is 5.69 Å². The zero-order valence-corrected chi connectivity index (χ0v) is 9.55. The fraction of sp³-hybridized carbons (Fsp3) is 0.556. The zero-order valence-electron chi connectivity index (χ0n) is 9.55. The summed E-state index contributed by atoms with van der Waals surface area (Å²) in [4.78, 5) is 24.7. The number of aliphatic hydroxyl groups excluding tert-OH is 3. The lowest BCUT2D eigenvalue weighted by molar-refractivity contribution is -0.0543. The monoisotopic (exact) mass is 275 g/mol. The van der Waals surface area contributed by atoms with Crippen molar-refractivity contribution in [3.63, 3.8) is 0 Å². The molecule has 19 heavy (non-hydrogen) atoms. The van der Waals surface area contributed by atoms with Gasteiger partial charge in [-0.25, -0.2) is 9.36 Å². The third-order valence-electron chi connectivity index (χ3n) is 2.86. The summed E-state index contributed by atoms with van der Waals surface area (Å²) in [5, 5.41) is 37.2. The van der Waals surface area contributed by atoms with Crippen molar-refractivity contribution in [2.45, 2.75) is 24.5 Å². The maximum Gasteiger partial charge on any atom is 0.332 e. The van der Waals surface area contributed by atoms with Crippen molar-refractivity contribution in [3.8, 4) is 0 Å². The van der Waals surface area contributed by atoms with Crippen molar-refractivity contribution < 1.29 is 25.3 Å². The number of nitrogens with one attached hydrogen (secondary N) is 2. The van der Waals surface area contributed by atoms with Crippen LogP contribution in [0.15, 0.2) is 15.7 Å². The molecule has 0 radical (unpaired) electrons. The highest BCUT2D eigenvalue weighted by Gasteiger charge is 2.44. The standard InChI is InChI=1S/C9H13N3O7/c13-2-3-6(15)7(16)8(19-3)12-4(11-18)1-5(14)10-9(12)17/h1,3,6-8,11,13,15-16,18H,2H2,(H,10,14,17)/t3-,6-,7-,8-/m1/s1. The molecule has 0 unspecified atom stereocenters. The van der Waals surface area contributed by atoms with Crippen LogP contribution >= 0.6 is 0 Å². The number of hydrogen-bond donors (Lipinski definition) is 6. The number of ether oxygens (including phenoxy) is 1. The molecule has 106 valence electrons. The van der Waals surface area contributed by atoms with E-state index in [0.29, 0.717) is 0 Å². The highest BCUT2D eigenvalue weighted by atomic mass is 16.6. The molecule has 1 fully saturated rings. The summed E-state index contributed by atoms with van der Waals surface area (Å²) in [5.74, 6) is -0.316. The number of aromatic amines is 1. The number of anilines is 1. The molecule has 0 saturated carbocycles. The summed E-state index contributed by atoms with van der Waals surface area (Å²) in [6.45, 7) is -0.561. The molecule has 0 amide bonds. The molecule has 2 heterocycles. The van der Waals surface area contributed by atoms with Gasteiger partial charge in [-0.05, 0) is 0 Å². The lowest BCUT2D eigenvalue weighted by atomic mass is 10.1. The van der Waals surface area contributed by atoms with Crippen LogP contribution in [0.25, 0.3) is 0 Å². The molecule has 6 N–H and O–H groups in total. The third kappa shape index (κ3) is 2.27. The second-order valence-corrected chi connectivity index (χ2v) is 4.03. The number of rotatable bonds is 3. The highest BCUT2D eigenvalue weighted by molar-refractivity contribution is 5.31. The smallest absolute Gasteiger partial charge is 0.332 e.